The van der Waals surface area contributed by atoms with Crippen LogP contribution in [0.15, 0.2) is 0 Å². The van der Waals surface area contributed by atoms with Gasteiger partial charge < -0.3 is 3.79 Å². The van der Waals surface area contributed by atoms with Crippen LogP contribution in [0, 0.1) is 11.8 Å². The normalized spacial score (nSPS) is 11.8. The fourth-order valence-corrected chi connectivity index (χ4v) is 5.23. The maximum absolute atomic E-state index is 6.20. The predicted molar refractivity (Wildman–Crippen MR) is 73.0 cm³/mol. The van der Waals surface area contributed by atoms with Gasteiger partial charge in [0.05, 0.1) is 0 Å². The molecule has 1 nitrogen and oxygen atoms in total. The Morgan fingerprint density at radius 1 is 0.933 bits per heavy atom. The number of rotatable bonds is 5. The van der Waals surface area contributed by atoms with Crippen LogP contribution in [0.2, 0.25) is 10.6 Å². The predicted octanol–water partition coefficient (Wildman–Crippen LogP) is 3.46. The molecule has 86 valence electrons. The molecule has 0 unspecified atom stereocenters. The summed E-state index contributed by atoms with van der Waals surface area (Å²) in [6.07, 6.45) is 0. The van der Waals surface area contributed by atoms with E-state index in [-0.39, 0.29) is 35.2 Å². The van der Waals surface area contributed by atoms with Gasteiger partial charge in [0, 0.05) is 5.60 Å². The summed E-state index contributed by atoms with van der Waals surface area (Å²) in [6.45, 7) is 15.7. The van der Waals surface area contributed by atoms with Crippen molar-refractivity contribution in [3.05, 3.63) is 0 Å². The van der Waals surface area contributed by atoms with E-state index >= 15 is 0 Å². The molecular weight excluding hydrogens is 210 g/mol. The van der Waals surface area contributed by atoms with Gasteiger partial charge in [-0.3, -0.25) is 0 Å². The molecule has 0 fully saturated rings. The van der Waals surface area contributed by atoms with Crippen LogP contribution in [0.25, 0.3) is 0 Å². The summed E-state index contributed by atoms with van der Waals surface area (Å²) in [6, 6.07) is 0. The quantitative estimate of drug-likeness (QED) is 0.666. The SMILES string of the molecule is CC(C)[CH2][Al]([CH2]C(C)C)[O]C(C)(C)C.[NaH]. The van der Waals surface area contributed by atoms with Crippen LogP contribution in [0.3, 0.4) is 0 Å². The Bertz CT molecular complexity index is 142. The first kappa shape index (κ1) is 18.8. The topological polar surface area (TPSA) is 9.23 Å². The molecule has 0 aromatic heterocycles. The zero-order valence-electron chi connectivity index (χ0n) is 11.1. The van der Waals surface area contributed by atoms with E-state index in [4.69, 9.17) is 3.79 Å². The number of hydrogen-bond acceptors (Lipinski definition) is 1. The summed E-state index contributed by atoms with van der Waals surface area (Å²) in [7, 11) is 0. The van der Waals surface area contributed by atoms with Gasteiger partial charge in [-0.15, -0.1) is 0 Å². The van der Waals surface area contributed by atoms with E-state index in [1.54, 1.807) is 0 Å². The molecule has 0 aromatic rings. The summed E-state index contributed by atoms with van der Waals surface area (Å²) in [5.74, 6) is 1.57. The summed E-state index contributed by atoms with van der Waals surface area (Å²) in [5.41, 5.74) is 0.0562. The molecule has 0 aliphatic heterocycles. The zero-order valence-corrected chi connectivity index (χ0v) is 12.2. The molecule has 0 spiro atoms. The summed E-state index contributed by atoms with van der Waals surface area (Å²) in [4.78, 5) is 0. The van der Waals surface area contributed by atoms with Crippen LogP contribution in [0.5, 0.6) is 0 Å². The van der Waals surface area contributed by atoms with Gasteiger partial charge in [-0.2, -0.15) is 0 Å². The van der Waals surface area contributed by atoms with E-state index in [1.807, 2.05) is 0 Å². The Morgan fingerprint density at radius 3 is 1.47 bits per heavy atom. The minimum absolute atomic E-state index is 0. The van der Waals surface area contributed by atoms with Crippen molar-refractivity contribution in [1.82, 2.24) is 0 Å². The van der Waals surface area contributed by atoms with Crippen LogP contribution in [0.1, 0.15) is 48.5 Å². The molecule has 3 heteroatoms. The monoisotopic (exact) mass is 238 g/mol. The third-order valence-corrected chi connectivity index (χ3v) is 5.97. The molecular formula is C12H28AlNaO. The molecule has 0 amide bonds. The Kier molecular flexibility index (Phi) is 10.8. The zero-order chi connectivity index (χ0) is 11.4. The standard InChI is InChI=1S/C4H9O.2C4H9.Al.Na.H/c1-4(2,3)5;2*1-4(2)3;;;/h1-3H3;2*4H,1H2,2-3H3;;;/q-1;;;+1;;. The average molecular weight is 238 g/mol. The second-order valence-corrected chi connectivity index (χ2v) is 8.53. The third-order valence-electron chi connectivity index (χ3n) is 1.99. The van der Waals surface area contributed by atoms with Gasteiger partial charge in [0.2, 0.25) is 0 Å². The Morgan fingerprint density at radius 2 is 1.27 bits per heavy atom. The minimum atomic E-state index is -0.975. The second-order valence-electron chi connectivity index (χ2n) is 6.11. The first-order chi connectivity index (χ1) is 6.20. The van der Waals surface area contributed by atoms with E-state index in [0.717, 1.165) is 11.8 Å². The third kappa shape index (κ3) is 13.4. The molecule has 0 rings (SSSR count). The molecule has 0 atom stereocenters. The Balaban J connectivity index is 0. The van der Waals surface area contributed by atoms with E-state index < -0.39 is 14.5 Å². The first-order valence-electron chi connectivity index (χ1n) is 5.88. The van der Waals surface area contributed by atoms with E-state index in [1.165, 1.54) is 10.6 Å². The van der Waals surface area contributed by atoms with Gasteiger partial charge in [0.1, 0.15) is 0 Å². The second kappa shape index (κ2) is 8.56. The molecule has 0 aliphatic carbocycles. The maximum atomic E-state index is 6.20. The van der Waals surface area contributed by atoms with Crippen LogP contribution in [0.4, 0.5) is 0 Å². The molecule has 0 heterocycles. The van der Waals surface area contributed by atoms with Gasteiger partial charge in [-0.05, 0) is 20.8 Å². The van der Waals surface area contributed by atoms with Crippen molar-refractivity contribution in [3.63, 3.8) is 0 Å². The van der Waals surface area contributed by atoms with Crippen molar-refractivity contribution in [2.75, 3.05) is 0 Å². The summed E-state index contributed by atoms with van der Waals surface area (Å²) >= 11 is -0.975. The molecule has 0 aromatic carbocycles. The van der Waals surface area contributed by atoms with Crippen molar-refractivity contribution < 1.29 is 3.79 Å². The van der Waals surface area contributed by atoms with E-state index in [0.29, 0.717) is 0 Å². The molecule has 0 aliphatic rings. The number of hydrogen-bond donors (Lipinski definition) is 0. The fraction of sp³-hybridized carbons (Fsp3) is 1.00. The van der Waals surface area contributed by atoms with E-state index in [2.05, 4.69) is 48.5 Å². The molecule has 15 heavy (non-hydrogen) atoms. The van der Waals surface area contributed by atoms with Gasteiger partial charge in [-0.1, -0.05) is 50.1 Å². The van der Waals surface area contributed by atoms with Gasteiger partial charge >= 0.3 is 44.0 Å². The summed E-state index contributed by atoms with van der Waals surface area (Å²) in [5, 5.41) is 2.63. The van der Waals surface area contributed by atoms with Crippen molar-refractivity contribution >= 4 is 44.0 Å². The van der Waals surface area contributed by atoms with Crippen molar-refractivity contribution in [1.29, 1.82) is 0 Å². The molecule has 0 N–H and O–H groups in total. The van der Waals surface area contributed by atoms with Crippen LogP contribution in [-0.4, -0.2) is 49.6 Å². The summed E-state index contributed by atoms with van der Waals surface area (Å²) < 4.78 is 6.20. The average Bonchev–Trinajstić information content (AvgIpc) is 1.77. The Hall–Kier alpha value is 1.49. The van der Waals surface area contributed by atoms with Crippen LogP contribution >= 0.6 is 0 Å². The van der Waals surface area contributed by atoms with Crippen molar-refractivity contribution in [2.45, 2.75) is 64.6 Å². The first-order valence-corrected chi connectivity index (χ1v) is 7.99. The molecule has 0 radical (unpaired) electrons. The molecule has 0 saturated carbocycles. The fourth-order valence-electron chi connectivity index (χ4n) is 1.74. The van der Waals surface area contributed by atoms with Crippen molar-refractivity contribution in [2.24, 2.45) is 11.8 Å². The van der Waals surface area contributed by atoms with Gasteiger partial charge in [0.15, 0.2) is 0 Å². The van der Waals surface area contributed by atoms with E-state index in [9.17, 15) is 0 Å². The van der Waals surface area contributed by atoms with Crippen LogP contribution in [-0.2, 0) is 3.79 Å². The molecule has 0 bridgehead atoms. The van der Waals surface area contributed by atoms with Crippen molar-refractivity contribution in [3.8, 4) is 0 Å². The van der Waals surface area contributed by atoms with Gasteiger partial charge in [-0.25, -0.2) is 0 Å². The molecule has 0 saturated heterocycles. The van der Waals surface area contributed by atoms with Crippen LogP contribution < -0.4 is 0 Å². The van der Waals surface area contributed by atoms with Gasteiger partial charge in [0.25, 0.3) is 0 Å². The Labute approximate surface area is 123 Å².